The Balaban J connectivity index is 1.64. The molecule has 4 rings (SSSR count). The largest absolute Gasteiger partial charge is 0.334 e. The van der Waals surface area contributed by atoms with Gasteiger partial charge in [0.15, 0.2) is 0 Å². The summed E-state index contributed by atoms with van der Waals surface area (Å²) in [5.74, 6) is 0.379. The maximum absolute atomic E-state index is 13.1. The van der Waals surface area contributed by atoms with Crippen molar-refractivity contribution in [3.05, 3.63) is 69.3 Å². The minimum Gasteiger partial charge on any atom is -0.334 e. The topological polar surface area (TPSA) is 84.3 Å². The molecule has 0 atom stereocenters. The first-order chi connectivity index (χ1) is 13.8. The highest BCUT2D eigenvalue weighted by molar-refractivity contribution is 5.98. The van der Waals surface area contributed by atoms with E-state index in [4.69, 9.17) is 0 Å². The van der Waals surface area contributed by atoms with Crippen LogP contribution in [0.15, 0.2) is 41.2 Å². The lowest BCUT2D eigenvalue weighted by Crippen LogP contribution is -2.36. The molecular formula is C22H22N4O3. The molecule has 7 nitrogen and oxygen atoms in total. The van der Waals surface area contributed by atoms with Crippen LogP contribution < -0.4 is 10.9 Å². The van der Waals surface area contributed by atoms with Crippen LogP contribution in [0.25, 0.3) is 10.9 Å². The van der Waals surface area contributed by atoms with Crippen molar-refractivity contribution in [2.45, 2.75) is 26.8 Å². The van der Waals surface area contributed by atoms with Crippen molar-refractivity contribution < 1.29 is 9.59 Å². The van der Waals surface area contributed by atoms with Gasteiger partial charge in [-0.2, -0.15) is 0 Å². The number of aryl methyl sites for hydroxylation is 1. The van der Waals surface area contributed by atoms with Crippen LogP contribution in [0.2, 0.25) is 0 Å². The highest BCUT2D eigenvalue weighted by Gasteiger charge is 2.23. The fourth-order valence-corrected chi connectivity index (χ4v) is 3.71. The van der Waals surface area contributed by atoms with Crippen molar-refractivity contribution in [3.63, 3.8) is 0 Å². The Hall–Kier alpha value is -3.48. The summed E-state index contributed by atoms with van der Waals surface area (Å²) in [7, 11) is 1.67. The first-order valence-electron chi connectivity index (χ1n) is 9.49. The summed E-state index contributed by atoms with van der Waals surface area (Å²) in [6, 6.07) is 10.9. The van der Waals surface area contributed by atoms with E-state index in [-0.39, 0.29) is 17.4 Å². The number of hydrogen-bond acceptors (Lipinski definition) is 4. The van der Waals surface area contributed by atoms with Gasteiger partial charge in [-0.25, -0.2) is 4.98 Å². The Morgan fingerprint density at radius 3 is 2.66 bits per heavy atom. The number of fused-ring (bicyclic) bond motifs is 2. The number of amides is 2. The summed E-state index contributed by atoms with van der Waals surface area (Å²) in [5.41, 5.74) is 3.82. The molecule has 0 saturated carbocycles. The molecule has 29 heavy (non-hydrogen) atoms. The molecule has 2 aromatic carbocycles. The standard InChI is InChI=1S/C22H22N4O3/c1-13-23-20-7-5-16(11-19(20)22(29)25(13)3)21(28)26-9-8-15-4-6-18(24-14(2)27)10-17(15)12-26/h4-7,10-11H,8-9,12H2,1-3H3,(H,24,27). The number of hydrogen-bond donors (Lipinski definition) is 1. The summed E-state index contributed by atoms with van der Waals surface area (Å²) in [4.78, 5) is 43.2. The molecule has 0 spiro atoms. The van der Waals surface area contributed by atoms with Crippen molar-refractivity contribution in [2.75, 3.05) is 11.9 Å². The van der Waals surface area contributed by atoms with Gasteiger partial charge < -0.3 is 10.2 Å². The summed E-state index contributed by atoms with van der Waals surface area (Å²) >= 11 is 0. The second-order valence-electron chi connectivity index (χ2n) is 7.40. The predicted molar refractivity (Wildman–Crippen MR) is 111 cm³/mol. The van der Waals surface area contributed by atoms with E-state index in [1.807, 2.05) is 18.2 Å². The molecule has 0 aliphatic carbocycles. The van der Waals surface area contributed by atoms with Gasteiger partial charge in [0.2, 0.25) is 5.91 Å². The van der Waals surface area contributed by atoms with E-state index in [1.165, 1.54) is 17.1 Å². The lowest BCUT2D eigenvalue weighted by molar-refractivity contribution is -0.114. The van der Waals surface area contributed by atoms with Crippen LogP contribution in [0.4, 0.5) is 5.69 Å². The van der Waals surface area contributed by atoms with E-state index in [9.17, 15) is 14.4 Å². The molecule has 0 saturated heterocycles. The molecule has 0 radical (unpaired) electrons. The van der Waals surface area contributed by atoms with E-state index >= 15 is 0 Å². The van der Waals surface area contributed by atoms with E-state index < -0.39 is 0 Å². The van der Waals surface area contributed by atoms with Gasteiger partial charge >= 0.3 is 0 Å². The lowest BCUT2D eigenvalue weighted by atomic mass is 9.98. The smallest absolute Gasteiger partial charge is 0.261 e. The van der Waals surface area contributed by atoms with Crippen LogP contribution in [0, 0.1) is 6.92 Å². The number of anilines is 1. The van der Waals surface area contributed by atoms with Gasteiger partial charge in [0, 0.05) is 38.3 Å². The maximum atomic E-state index is 13.1. The van der Waals surface area contributed by atoms with Crippen LogP contribution in [0.3, 0.4) is 0 Å². The van der Waals surface area contributed by atoms with E-state index in [1.54, 1.807) is 37.1 Å². The minimum absolute atomic E-state index is 0.120. The molecule has 1 aromatic heterocycles. The maximum Gasteiger partial charge on any atom is 0.261 e. The highest BCUT2D eigenvalue weighted by Crippen LogP contribution is 2.24. The monoisotopic (exact) mass is 390 g/mol. The van der Waals surface area contributed by atoms with Gasteiger partial charge in [0.05, 0.1) is 10.9 Å². The average molecular weight is 390 g/mol. The molecule has 7 heteroatoms. The number of nitrogens with one attached hydrogen (secondary N) is 1. The number of rotatable bonds is 2. The third-order valence-corrected chi connectivity index (χ3v) is 5.37. The van der Waals surface area contributed by atoms with E-state index in [0.717, 1.165) is 17.7 Å². The lowest BCUT2D eigenvalue weighted by Gasteiger charge is -2.29. The molecule has 2 heterocycles. The minimum atomic E-state index is -0.161. The second-order valence-corrected chi connectivity index (χ2v) is 7.40. The number of aromatic nitrogens is 2. The highest BCUT2D eigenvalue weighted by atomic mass is 16.2. The van der Waals surface area contributed by atoms with Crippen LogP contribution in [0.5, 0.6) is 0 Å². The van der Waals surface area contributed by atoms with Crippen LogP contribution >= 0.6 is 0 Å². The number of benzene rings is 2. The number of carbonyl (C=O) groups excluding carboxylic acids is 2. The fraction of sp³-hybridized carbons (Fsp3) is 0.273. The second kappa shape index (κ2) is 7.16. The SMILES string of the molecule is CC(=O)Nc1ccc2c(c1)CN(C(=O)c1ccc3nc(C)n(C)c(=O)c3c1)CC2. The molecular weight excluding hydrogens is 368 g/mol. The van der Waals surface area contributed by atoms with Gasteiger partial charge in [-0.1, -0.05) is 6.07 Å². The van der Waals surface area contributed by atoms with Gasteiger partial charge in [-0.15, -0.1) is 0 Å². The average Bonchev–Trinajstić information content (AvgIpc) is 2.70. The zero-order valence-electron chi connectivity index (χ0n) is 16.7. The first kappa shape index (κ1) is 18.9. The van der Waals surface area contributed by atoms with Crippen molar-refractivity contribution in [1.29, 1.82) is 0 Å². The summed E-state index contributed by atoms with van der Waals surface area (Å²) in [6.07, 6.45) is 0.748. The third-order valence-electron chi connectivity index (χ3n) is 5.37. The molecule has 148 valence electrons. The first-order valence-corrected chi connectivity index (χ1v) is 9.49. The van der Waals surface area contributed by atoms with Crippen molar-refractivity contribution in [2.24, 2.45) is 7.05 Å². The normalized spacial score (nSPS) is 13.3. The molecule has 3 aromatic rings. The van der Waals surface area contributed by atoms with Crippen molar-refractivity contribution in [3.8, 4) is 0 Å². The van der Waals surface area contributed by atoms with Crippen molar-refractivity contribution in [1.82, 2.24) is 14.5 Å². The predicted octanol–water partition coefficient (Wildman–Crippen LogP) is 2.40. The summed E-state index contributed by atoms with van der Waals surface area (Å²) < 4.78 is 1.48. The molecule has 0 bridgehead atoms. The van der Waals surface area contributed by atoms with E-state index in [2.05, 4.69) is 10.3 Å². The Bertz CT molecular complexity index is 1210. The van der Waals surface area contributed by atoms with Gasteiger partial charge in [-0.05, 0) is 54.8 Å². The molecule has 0 fully saturated rings. The van der Waals surface area contributed by atoms with E-state index in [0.29, 0.717) is 35.4 Å². The Labute approximate surface area is 168 Å². The van der Waals surface area contributed by atoms with Gasteiger partial charge in [-0.3, -0.25) is 19.0 Å². The van der Waals surface area contributed by atoms with Crippen molar-refractivity contribution >= 4 is 28.4 Å². The zero-order chi connectivity index (χ0) is 20.7. The Morgan fingerprint density at radius 2 is 1.90 bits per heavy atom. The molecule has 2 amide bonds. The number of nitrogens with zero attached hydrogens (tertiary/aromatic N) is 3. The van der Waals surface area contributed by atoms with Gasteiger partial charge in [0.1, 0.15) is 5.82 Å². The van der Waals surface area contributed by atoms with Crippen LogP contribution in [-0.2, 0) is 24.8 Å². The zero-order valence-corrected chi connectivity index (χ0v) is 16.7. The molecule has 1 aliphatic rings. The van der Waals surface area contributed by atoms with Crippen LogP contribution in [0.1, 0.15) is 34.2 Å². The quantitative estimate of drug-likeness (QED) is 0.728. The molecule has 1 aliphatic heterocycles. The Kier molecular flexibility index (Phi) is 4.66. The molecule has 0 unspecified atom stereocenters. The molecule has 1 N–H and O–H groups in total. The third kappa shape index (κ3) is 3.51. The summed E-state index contributed by atoms with van der Waals surface area (Å²) in [6.45, 7) is 4.31. The van der Waals surface area contributed by atoms with Gasteiger partial charge in [0.25, 0.3) is 11.5 Å². The Morgan fingerprint density at radius 1 is 1.10 bits per heavy atom. The van der Waals surface area contributed by atoms with Crippen LogP contribution in [-0.4, -0.2) is 32.8 Å². The number of carbonyl (C=O) groups is 2. The fourth-order valence-electron chi connectivity index (χ4n) is 3.71. The summed E-state index contributed by atoms with van der Waals surface area (Å²) in [5, 5.41) is 3.22.